The molecule has 0 N–H and O–H groups in total. The Hall–Kier alpha value is -3.29. The summed E-state index contributed by atoms with van der Waals surface area (Å²) < 4.78 is 30.9. The summed E-state index contributed by atoms with van der Waals surface area (Å²) in [6, 6.07) is 9.61. The van der Waals surface area contributed by atoms with Gasteiger partial charge in [0.05, 0.1) is 32.8 Å². The van der Waals surface area contributed by atoms with Crippen LogP contribution in [0.15, 0.2) is 36.4 Å². The van der Waals surface area contributed by atoms with Crippen LogP contribution in [0.2, 0.25) is 0 Å². The average Bonchev–Trinajstić information content (AvgIpc) is 3.33. The Kier molecular flexibility index (Phi) is 7.24. The van der Waals surface area contributed by atoms with Gasteiger partial charge in [0.15, 0.2) is 11.5 Å². The molecular formula is C26H31FN2O5. The molecule has 2 aromatic carbocycles. The van der Waals surface area contributed by atoms with E-state index in [1.165, 1.54) is 19.2 Å². The molecule has 0 saturated carbocycles. The zero-order valence-electron chi connectivity index (χ0n) is 19.9. The van der Waals surface area contributed by atoms with Gasteiger partial charge < -0.3 is 24.0 Å². The number of carbonyl (C=O) groups excluding carboxylic acids is 2. The van der Waals surface area contributed by atoms with Gasteiger partial charge in [-0.25, -0.2) is 4.39 Å². The van der Waals surface area contributed by atoms with Crippen molar-refractivity contribution in [3.63, 3.8) is 0 Å². The van der Waals surface area contributed by atoms with Crippen molar-refractivity contribution in [1.82, 2.24) is 9.80 Å². The highest BCUT2D eigenvalue weighted by Crippen LogP contribution is 2.44. The summed E-state index contributed by atoms with van der Waals surface area (Å²) in [6.07, 6.45) is 3.07. The molecule has 2 amide bonds. The fraction of sp³-hybridized carbons (Fsp3) is 0.462. The highest BCUT2D eigenvalue weighted by atomic mass is 19.1. The highest BCUT2D eigenvalue weighted by Gasteiger charge is 2.43. The molecule has 2 heterocycles. The zero-order valence-corrected chi connectivity index (χ0v) is 19.9. The smallest absolute Gasteiger partial charge is 0.256 e. The summed E-state index contributed by atoms with van der Waals surface area (Å²) in [6.45, 7) is 1.96. The first-order valence-corrected chi connectivity index (χ1v) is 11.6. The number of methoxy groups -OCH3 is 3. The molecule has 0 aliphatic carbocycles. The number of likely N-dealkylation sites (tertiary alicyclic amines) is 2. The SMILES string of the molecule is COc1cc(C2CN(C(=O)c3ccccc3F)CC2C(=O)N2CCCCC2)cc(OC)c1OC. The number of rotatable bonds is 6. The van der Waals surface area contributed by atoms with Gasteiger partial charge in [-0.2, -0.15) is 0 Å². The lowest BCUT2D eigenvalue weighted by atomic mass is 9.87. The van der Waals surface area contributed by atoms with E-state index in [0.717, 1.165) is 37.9 Å². The Balaban J connectivity index is 1.71. The number of benzene rings is 2. The first-order chi connectivity index (χ1) is 16.5. The number of carbonyl (C=O) groups is 2. The molecule has 2 unspecified atom stereocenters. The lowest BCUT2D eigenvalue weighted by Crippen LogP contribution is -2.42. The van der Waals surface area contributed by atoms with Gasteiger partial charge in [0.2, 0.25) is 11.7 Å². The van der Waals surface area contributed by atoms with Crippen LogP contribution in [0.25, 0.3) is 0 Å². The number of hydrogen-bond donors (Lipinski definition) is 0. The molecule has 0 bridgehead atoms. The third-order valence-electron chi connectivity index (χ3n) is 6.81. The quantitative estimate of drug-likeness (QED) is 0.644. The lowest BCUT2D eigenvalue weighted by Gasteiger charge is -2.31. The minimum Gasteiger partial charge on any atom is -0.493 e. The summed E-state index contributed by atoms with van der Waals surface area (Å²) in [5, 5.41) is 0. The summed E-state index contributed by atoms with van der Waals surface area (Å²) in [5.74, 6) is -0.255. The molecule has 34 heavy (non-hydrogen) atoms. The van der Waals surface area contributed by atoms with Gasteiger partial charge in [-0.05, 0) is 49.1 Å². The maximum atomic E-state index is 14.4. The van der Waals surface area contributed by atoms with E-state index in [9.17, 15) is 14.0 Å². The first kappa shape index (κ1) is 23.9. The molecule has 0 aromatic heterocycles. The molecule has 2 atom stereocenters. The van der Waals surface area contributed by atoms with E-state index in [4.69, 9.17) is 14.2 Å². The van der Waals surface area contributed by atoms with Crippen LogP contribution < -0.4 is 14.2 Å². The van der Waals surface area contributed by atoms with Crippen LogP contribution >= 0.6 is 0 Å². The highest BCUT2D eigenvalue weighted by molar-refractivity contribution is 5.95. The standard InChI is InChI=1S/C26H31FN2O5/c1-32-22-13-17(14-23(33-2)24(22)34-3)19-15-29(25(30)18-9-5-6-10-21(18)27)16-20(19)26(31)28-11-7-4-8-12-28/h5-6,9-10,13-14,19-20H,4,7-8,11-12,15-16H2,1-3H3. The van der Waals surface area contributed by atoms with Gasteiger partial charge in [0.1, 0.15) is 5.82 Å². The third kappa shape index (κ3) is 4.54. The Morgan fingerprint density at radius 3 is 2.12 bits per heavy atom. The van der Waals surface area contributed by atoms with Crippen molar-refractivity contribution >= 4 is 11.8 Å². The van der Waals surface area contributed by atoms with Crippen LogP contribution in [0, 0.1) is 11.7 Å². The van der Waals surface area contributed by atoms with Crippen molar-refractivity contribution < 1.29 is 28.2 Å². The van der Waals surface area contributed by atoms with Crippen molar-refractivity contribution in [2.45, 2.75) is 25.2 Å². The average molecular weight is 471 g/mol. The Labute approximate surface area is 199 Å². The molecule has 2 aliphatic rings. The number of hydrogen-bond acceptors (Lipinski definition) is 5. The van der Waals surface area contributed by atoms with Gasteiger partial charge in [-0.3, -0.25) is 9.59 Å². The number of nitrogens with zero attached hydrogens (tertiary/aromatic N) is 2. The molecular weight excluding hydrogens is 439 g/mol. The molecule has 182 valence electrons. The van der Waals surface area contributed by atoms with E-state index in [0.29, 0.717) is 17.2 Å². The monoisotopic (exact) mass is 470 g/mol. The largest absolute Gasteiger partial charge is 0.493 e. The summed E-state index contributed by atoms with van der Waals surface area (Å²) in [5.41, 5.74) is 0.825. The third-order valence-corrected chi connectivity index (χ3v) is 6.81. The van der Waals surface area contributed by atoms with Crippen molar-refractivity contribution in [1.29, 1.82) is 0 Å². The molecule has 0 radical (unpaired) electrons. The second-order valence-electron chi connectivity index (χ2n) is 8.75. The maximum absolute atomic E-state index is 14.4. The molecule has 7 nitrogen and oxygen atoms in total. The lowest BCUT2D eigenvalue weighted by molar-refractivity contribution is -0.136. The topological polar surface area (TPSA) is 68.3 Å². The maximum Gasteiger partial charge on any atom is 0.256 e. The fourth-order valence-electron chi connectivity index (χ4n) is 5.03. The van der Waals surface area contributed by atoms with Crippen molar-refractivity contribution in [3.05, 3.63) is 53.3 Å². The molecule has 4 rings (SSSR count). The van der Waals surface area contributed by atoms with E-state index < -0.39 is 17.6 Å². The van der Waals surface area contributed by atoms with Gasteiger partial charge >= 0.3 is 0 Å². The Morgan fingerprint density at radius 2 is 1.53 bits per heavy atom. The van der Waals surface area contributed by atoms with Gasteiger partial charge in [0, 0.05) is 32.1 Å². The summed E-state index contributed by atoms with van der Waals surface area (Å²) in [4.78, 5) is 30.3. The second-order valence-corrected chi connectivity index (χ2v) is 8.75. The van der Waals surface area contributed by atoms with Gasteiger partial charge in [-0.1, -0.05) is 12.1 Å². The van der Waals surface area contributed by atoms with E-state index in [1.54, 1.807) is 31.3 Å². The number of ether oxygens (including phenoxy) is 3. The van der Waals surface area contributed by atoms with Crippen molar-refractivity contribution in [2.24, 2.45) is 5.92 Å². The number of halogens is 1. The van der Waals surface area contributed by atoms with Crippen LogP contribution in [-0.4, -0.2) is 69.1 Å². The number of piperidine rings is 1. The molecule has 2 saturated heterocycles. The van der Waals surface area contributed by atoms with E-state index in [1.807, 2.05) is 17.0 Å². The fourth-order valence-corrected chi connectivity index (χ4v) is 5.03. The summed E-state index contributed by atoms with van der Waals surface area (Å²) >= 11 is 0. The van der Waals surface area contributed by atoms with Crippen LogP contribution in [0.4, 0.5) is 4.39 Å². The second kappa shape index (κ2) is 10.3. The van der Waals surface area contributed by atoms with Crippen LogP contribution in [-0.2, 0) is 4.79 Å². The normalized spacial score (nSPS) is 20.2. The predicted molar refractivity (Wildman–Crippen MR) is 125 cm³/mol. The van der Waals surface area contributed by atoms with Gasteiger partial charge in [0.25, 0.3) is 5.91 Å². The van der Waals surface area contributed by atoms with Crippen molar-refractivity contribution in [3.8, 4) is 17.2 Å². The van der Waals surface area contributed by atoms with E-state index in [-0.39, 0.29) is 30.5 Å². The zero-order chi connectivity index (χ0) is 24.2. The van der Waals surface area contributed by atoms with E-state index in [2.05, 4.69) is 0 Å². The molecule has 2 aromatic rings. The Bertz CT molecular complexity index is 1030. The van der Waals surface area contributed by atoms with Gasteiger partial charge in [-0.15, -0.1) is 0 Å². The number of amides is 2. The minimum absolute atomic E-state index is 0.0113. The summed E-state index contributed by atoms with van der Waals surface area (Å²) in [7, 11) is 4.62. The molecule has 0 spiro atoms. The van der Waals surface area contributed by atoms with Crippen LogP contribution in [0.5, 0.6) is 17.2 Å². The molecule has 2 aliphatic heterocycles. The van der Waals surface area contributed by atoms with E-state index >= 15 is 0 Å². The van der Waals surface area contributed by atoms with Crippen LogP contribution in [0.3, 0.4) is 0 Å². The molecule has 2 fully saturated rings. The molecule has 8 heteroatoms. The minimum atomic E-state index is -0.567. The van der Waals surface area contributed by atoms with Crippen LogP contribution in [0.1, 0.15) is 41.1 Å². The Morgan fingerprint density at radius 1 is 0.882 bits per heavy atom. The van der Waals surface area contributed by atoms with Crippen molar-refractivity contribution in [2.75, 3.05) is 47.5 Å². The first-order valence-electron chi connectivity index (χ1n) is 11.6. The predicted octanol–water partition coefficient (Wildman–Crippen LogP) is 3.72.